The first-order valence-corrected chi connectivity index (χ1v) is 2.83. The zero-order chi connectivity index (χ0) is 5.98. The van der Waals surface area contributed by atoms with Gasteiger partial charge in [-0.05, 0) is 13.8 Å². The minimum Gasteiger partial charge on any atom is -0.425 e. The average molecular weight is 113 g/mol. The molecule has 0 fully saturated rings. The Kier molecular flexibility index (Phi) is 1.50. The summed E-state index contributed by atoms with van der Waals surface area (Å²) in [5.74, 6) is 0. The fourth-order valence-corrected chi connectivity index (χ4v) is 0.730. The largest absolute Gasteiger partial charge is 0.425 e. The summed E-state index contributed by atoms with van der Waals surface area (Å²) in [7, 11) is 0. The van der Waals surface area contributed by atoms with E-state index in [0.29, 0.717) is 0 Å². The summed E-state index contributed by atoms with van der Waals surface area (Å²) < 4.78 is 0. The Hall–Kier alpha value is -0.540. The molecule has 8 heavy (non-hydrogen) atoms. The van der Waals surface area contributed by atoms with Crippen LogP contribution in [0, 0.1) is 0 Å². The van der Waals surface area contributed by atoms with Gasteiger partial charge in [-0.3, -0.25) is 0 Å². The van der Waals surface area contributed by atoms with Crippen molar-refractivity contribution in [3.05, 3.63) is 17.4 Å². The van der Waals surface area contributed by atoms with E-state index in [0.717, 1.165) is 6.54 Å². The molecule has 1 rings (SSSR count). The number of rotatable bonds is 1. The number of hydrogen-bond donors (Lipinski definition) is 1. The van der Waals surface area contributed by atoms with Gasteiger partial charge in [-0.25, -0.2) is 0 Å². The SMILES string of the molecule is CCN1[N-][NH2+]C=C1C. The molecule has 0 saturated carbocycles. The van der Waals surface area contributed by atoms with Gasteiger partial charge in [0.1, 0.15) is 6.20 Å². The highest BCUT2D eigenvalue weighted by Crippen LogP contribution is 2.05. The van der Waals surface area contributed by atoms with E-state index in [1.165, 1.54) is 5.70 Å². The van der Waals surface area contributed by atoms with Crippen molar-refractivity contribution in [2.24, 2.45) is 0 Å². The van der Waals surface area contributed by atoms with Gasteiger partial charge in [-0.15, -0.1) is 0 Å². The zero-order valence-electron chi connectivity index (χ0n) is 5.26. The molecule has 3 heteroatoms. The molecule has 0 bridgehead atoms. The smallest absolute Gasteiger partial charge is 0.102 e. The van der Waals surface area contributed by atoms with Gasteiger partial charge in [0, 0.05) is 12.2 Å². The van der Waals surface area contributed by atoms with E-state index in [4.69, 9.17) is 0 Å². The van der Waals surface area contributed by atoms with E-state index in [-0.39, 0.29) is 0 Å². The lowest BCUT2D eigenvalue weighted by Crippen LogP contribution is -2.70. The molecule has 0 aromatic carbocycles. The Morgan fingerprint density at radius 2 is 2.62 bits per heavy atom. The summed E-state index contributed by atoms with van der Waals surface area (Å²) in [6.45, 7) is 5.11. The van der Waals surface area contributed by atoms with E-state index < -0.39 is 0 Å². The van der Waals surface area contributed by atoms with Crippen LogP contribution in [-0.4, -0.2) is 11.6 Å². The van der Waals surface area contributed by atoms with E-state index >= 15 is 0 Å². The fourth-order valence-electron chi connectivity index (χ4n) is 0.730. The van der Waals surface area contributed by atoms with Gasteiger partial charge in [0.2, 0.25) is 0 Å². The van der Waals surface area contributed by atoms with Crippen molar-refractivity contribution in [1.82, 2.24) is 5.01 Å². The minimum absolute atomic E-state index is 0.971. The van der Waals surface area contributed by atoms with Crippen LogP contribution >= 0.6 is 0 Å². The Bertz CT molecular complexity index is 108. The molecule has 0 atom stereocenters. The maximum absolute atomic E-state index is 4.05. The molecule has 0 saturated heterocycles. The number of hydrogen-bond acceptors (Lipinski definition) is 1. The first kappa shape index (κ1) is 5.59. The molecule has 0 amide bonds. The van der Waals surface area contributed by atoms with Crippen LogP contribution in [0.5, 0.6) is 0 Å². The van der Waals surface area contributed by atoms with Crippen molar-refractivity contribution < 1.29 is 5.43 Å². The molecular formula is C5H11N3. The Morgan fingerprint density at radius 3 is 2.88 bits per heavy atom. The number of quaternary nitrogens is 1. The molecule has 0 unspecified atom stereocenters. The molecule has 2 N–H and O–H groups in total. The summed E-state index contributed by atoms with van der Waals surface area (Å²) in [6.07, 6.45) is 2.00. The monoisotopic (exact) mass is 113 g/mol. The van der Waals surface area contributed by atoms with Gasteiger partial charge in [0.25, 0.3) is 0 Å². The molecule has 1 heterocycles. The standard InChI is InChI=1S/C5H11N3/c1-3-8-5(2)4-6-7-8/h4H,3,6H2,1-2H3. The van der Waals surface area contributed by atoms with Crippen molar-refractivity contribution in [2.75, 3.05) is 6.54 Å². The minimum atomic E-state index is 0.971. The number of allylic oxidation sites excluding steroid dienone is 1. The van der Waals surface area contributed by atoms with Crippen molar-refractivity contribution in [2.45, 2.75) is 13.8 Å². The van der Waals surface area contributed by atoms with Crippen molar-refractivity contribution >= 4 is 0 Å². The highest BCUT2D eigenvalue weighted by atomic mass is 15.7. The average Bonchev–Trinajstić information content (AvgIpc) is 2.14. The van der Waals surface area contributed by atoms with E-state index in [1.807, 2.05) is 16.6 Å². The quantitative estimate of drug-likeness (QED) is 0.475. The topological polar surface area (TPSA) is 34.0 Å². The normalized spacial score (nSPS) is 19.2. The van der Waals surface area contributed by atoms with Crippen LogP contribution in [0.1, 0.15) is 13.8 Å². The molecule has 0 aromatic rings. The first-order chi connectivity index (χ1) is 3.84. The maximum atomic E-state index is 4.05. The van der Waals surface area contributed by atoms with Crippen LogP contribution in [0.25, 0.3) is 5.53 Å². The molecule has 3 nitrogen and oxygen atoms in total. The van der Waals surface area contributed by atoms with E-state index in [1.54, 1.807) is 0 Å². The van der Waals surface area contributed by atoms with Crippen LogP contribution in [0.2, 0.25) is 0 Å². The highest BCUT2D eigenvalue weighted by Gasteiger charge is 1.98. The third-order valence-electron chi connectivity index (χ3n) is 1.23. The summed E-state index contributed by atoms with van der Waals surface area (Å²) >= 11 is 0. The molecule has 1 aliphatic rings. The van der Waals surface area contributed by atoms with Crippen LogP contribution in [-0.2, 0) is 0 Å². The van der Waals surface area contributed by atoms with Gasteiger partial charge >= 0.3 is 0 Å². The fraction of sp³-hybridized carbons (Fsp3) is 0.600. The third kappa shape index (κ3) is 0.827. The predicted octanol–water partition coefficient (Wildman–Crippen LogP) is -0.0497. The molecule has 0 aromatic heterocycles. The summed E-state index contributed by atoms with van der Waals surface area (Å²) in [6, 6.07) is 0. The molecule has 0 radical (unpaired) electrons. The van der Waals surface area contributed by atoms with E-state index in [9.17, 15) is 0 Å². The Morgan fingerprint density at radius 1 is 1.88 bits per heavy atom. The second-order valence-electron chi connectivity index (χ2n) is 1.79. The summed E-state index contributed by atoms with van der Waals surface area (Å²) in [4.78, 5) is 0. The molecule has 0 aliphatic carbocycles. The Balaban J connectivity index is 2.46. The second kappa shape index (κ2) is 2.15. The number of nitrogens with zero attached hydrogens (tertiary/aromatic N) is 2. The third-order valence-corrected chi connectivity index (χ3v) is 1.23. The van der Waals surface area contributed by atoms with Crippen LogP contribution < -0.4 is 5.43 Å². The lowest BCUT2D eigenvalue weighted by atomic mass is 10.5. The molecule has 0 spiro atoms. The van der Waals surface area contributed by atoms with Gasteiger partial charge in [-0.2, -0.15) is 0 Å². The van der Waals surface area contributed by atoms with Gasteiger partial charge in [-0.1, -0.05) is 0 Å². The zero-order valence-corrected chi connectivity index (χ0v) is 5.26. The van der Waals surface area contributed by atoms with Crippen molar-refractivity contribution in [3.63, 3.8) is 0 Å². The molecule has 1 aliphatic heterocycles. The van der Waals surface area contributed by atoms with Gasteiger partial charge in [0.15, 0.2) is 0 Å². The van der Waals surface area contributed by atoms with Crippen LogP contribution in [0.4, 0.5) is 0 Å². The first-order valence-electron chi connectivity index (χ1n) is 2.83. The summed E-state index contributed by atoms with van der Waals surface area (Å²) in [5, 5.41) is 1.96. The van der Waals surface area contributed by atoms with E-state index in [2.05, 4.69) is 19.4 Å². The second-order valence-corrected chi connectivity index (χ2v) is 1.79. The lowest BCUT2D eigenvalue weighted by molar-refractivity contribution is -0.540. The molecule has 46 valence electrons. The van der Waals surface area contributed by atoms with Crippen LogP contribution in [0.15, 0.2) is 11.9 Å². The molecular weight excluding hydrogens is 102 g/mol. The maximum Gasteiger partial charge on any atom is 0.102 e. The van der Waals surface area contributed by atoms with Crippen molar-refractivity contribution in [3.8, 4) is 0 Å². The Labute approximate surface area is 49.3 Å². The van der Waals surface area contributed by atoms with Gasteiger partial charge in [0.05, 0.1) is 0 Å². The highest BCUT2D eigenvalue weighted by molar-refractivity contribution is 4.97. The number of nitrogens with two attached hydrogens (primary N) is 1. The predicted molar refractivity (Wildman–Crippen MR) is 31.4 cm³/mol. The van der Waals surface area contributed by atoms with Crippen molar-refractivity contribution in [1.29, 1.82) is 0 Å². The summed E-state index contributed by atoms with van der Waals surface area (Å²) in [5.41, 5.74) is 7.10. The van der Waals surface area contributed by atoms with Gasteiger partial charge < -0.3 is 16.0 Å². The van der Waals surface area contributed by atoms with Crippen LogP contribution in [0.3, 0.4) is 0 Å². The lowest BCUT2D eigenvalue weighted by Gasteiger charge is -2.25.